The highest BCUT2D eigenvalue weighted by Crippen LogP contribution is 2.30. The summed E-state index contributed by atoms with van der Waals surface area (Å²) in [6, 6.07) is 0.803. The van der Waals surface area contributed by atoms with Gasteiger partial charge in [0.05, 0.1) is 16.4 Å². The molecule has 0 saturated heterocycles. The fourth-order valence-corrected chi connectivity index (χ4v) is 2.00. The molecule has 0 aromatic carbocycles. The lowest BCUT2D eigenvalue weighted by atomic mass is 10.2. The molecule has 0 fully saturated rings. The average molecular weight is 288 g/mol. The van der Waals surface area contributed by atoms with Crippen molar-refractivity contribution in [2.24, 2.45) is 7.05 Å². The zero-order valence-corrected chi connectivity index (χ0v) is 10.2. The van der Waals surface area contributed by atoms with Gasteiger partial charge in [-0.1, -0.05) is 0 Å². The van der Waals surface area contributed by atoms with Crippen molar-refractivity contribution in [3.63, 3.8) is 0 Å². The second kappa shape index (κ2) is 3.93. The first-order valence-electron chi connectivity index (χ1n) is 4.51. The average Bonchev–Trinajstić information content (AvgIpc) is 2.43. The van der Waals surface area contributed by atoms with Crippen molar-refractivity contribution in [1.82, 2.24) is 14.8 Å². The van der Waals surface area contributed by atoms with Gasteiger partial charge in [0, 0.05) is 13.1 Å². The first-order valence-corrected chi connectivity index (χ1v) is 5.30. The van der Waals surface area contributed by atoms with E-state index in [9.17, 15) is 8.78 Å². The van der Waals surface area contributed by atoms with E-state index in [1.54, 1.807) is 14.0 Å². The van der Waals surface area contributed by atoms with Crippen LogP contribution >= 0.6 is 15.9 Å². The van der Waals surface area contributed by atoms with Crippen LogP contribution in [0.25, 0.3) is 11.4 Å². The Kier molecular flexibility index (Phi) is 2.75. The molecule has 84 valence electrons. The number of hydrogen-bond donors (Lipinski definition) is 0. The maximum absolute atomic E-state index is 13.5. The van der Waals surface area contributed by atoms with Gasteiger partial charge in [-0.15, -0.1) is 0 Å². The summed E-state index contributed by atoms with van der Waals surface area (Å²) in [5.41, 5.74) is 1.30. The first-order chi connectivity index (χ1) is 7.50. The summed E-state index contributed by atoms with van der Waals surface area (Å²) in [6.45, 7) is 1.79. The van der Waals surface area contributed by atoms with Gasteiger partial charge in [0.15, 0.2) is 5.82 Å². The maximum atomic E-state index is 13.5. The molecule has 2 aromatic rings. The van der Waals surface area contributed by atoms with Gasteiger partial charge in [0.25, 0.3) is 0 Å². The quantitative estimate of drug-likeness (QED) is 0.808. The first kappa shape index (κ1) is 11.2. The predicted octanol–water partition coefficient (Wildman–Crippen LogP) is 2.83. The fourth-order valence-electron chi connectivity index (χ4n) is 1.48. The van der Waals surface area contributed by atoms with Gasteiger partial charge in [-0.25, -0.2) is 13.8 Å². The number of hydrogen-bond acceptors (Lipinski definition) is 2. The Balaban J connectivity index is 2.67. The summed E-state index contributed by atoms with van der Waals surface area (Å²) in [6.07, 6.45) is 0.979. The van der Waals surface area contributed by atoms with E-state index in [1.165, 1.54) is 4.68 Å². The molecule has 0 spiro atoms. The Morgan fingerprint density at radius 2 is 2.06 bits per heavy atom. The van der Waals surface area contributed by atoms with Crippen LogP contribution in [0.1, 0.15) is 5.69 Å². The molecule has 0 atom stereocenters. The van der Waals surface area contributed by atoms with E-state index in [4.69, 9.17) is 0 Å². The summed E-state index contributed by atoms with van der Waals surface area (Å²) in [7, 11) is 1.68. The number of aryl methyl sites for hydroxylation is 2. The van der Waals surface area contributed by atoms with Crippen molar-refractivity contribution in [1.29, 1.82) is 0 Å². The normalized spacial score (nSPS) is 10.8. The van der Waals surface area contributed by atoms with Crippen LogP contribution in [0.3, 0.4) is 0 Å². The zero-order chi connectivity index (χ0) is 11.9. The zero-order valence-electron chi connectivity index (χ0n) is 8.63. The second-order valence-corrected chi connectivity index (χ2v) is 4.15. The topological polar surface area (TPSA) is 30.7 Å². The molecular weight excluding hydrogens is 280 g/mol. The van der Waals surface area contributed by atoms with Gasteiger partial charge in [0.1, 0.15) is 17.2 Å². The minimum atomic E-state index is -0.705. The molecule has 0 unspecified atom stereocenters. The smallest absolute Gasteiger partial charge is 0.154 e. The Morgan fingerprint density at radius 3 is 2.56 bits per heavy atom. The van der Waals surface area contributed by atoms with Crippen molar-refractivity contribution >= 4 is 15.9 Å². The number of halogens is 3. The number of pyridine rings is 1. The number of rotatable bonds is 1. The Labute approximate surface area is 99.2 Å². The minimum Gasteiger partial charge on any atom is -0.265 e. The summed E-state index contributed by atoms with van der Waals surface area (Å²) in [4.78, 5) is 3.74. The molecule has 0 saturated carbocycles. The monoisotopic (exact) mass is 287 g/mol. The molecule has 0 N–H and O–H groups in total. The summed E-state index contributed by atoms with van der Waals surface area (Å²) < 4.78 is 28.4. The van der Waals surface area contributed by atoms with Crippen molar-refractivity contribution in [2.75, 3.05) is 0 Å². The van der Waals surface area contributed by atoms with Crippen molar-refractivity contribution in [3.05, 3.63) is 34.1 Å². The van der Waals surface area contributed by atoms with E-state index < -0.39 is 11.6 Å². The van der Waals surface area contributed by atoms with Gasteiger partial charge in [-0.05, 0) is 22.9 Å². The molecule has 0 aliphatic heterocycles. The van der Waals surface area contributed by atoms with Gasteiger partial charge < -0.3 is 0 Å². The third-order valence-corrected chi connectivity index (χ3v) is 3.13. The van der Waals surface area contributed by atoms with Crippen LogP contribution in [-0.4, -0.2) is 14.8 Å². The number of nitrogens with zero attached hydrogens (tertiary/aromatic N) is 3. The highest BCUT2D eigenvalue weighted by molar-refractivity contribution is 9.10. The van der Waals surface area contributed by atoms with Crippen molar-refractivity contribution in [2.45, 2.75) is 6.92 Å². The lowest BCUT2D eigenvalue weighted by molar-refractivity contribution is 0.574. The van der Waals surface area contributed by atoms with E-state index >= 15 is 0 Å². The van der Waals surface area contributed by atoms with E-state index in [0.29, 0.717) is 10.2 Å². The van der Waals surface area contributed by atoms with Crippen LogP contribution in [0.15, 0.2) is 16.7 Å². The molecule has 2 rings (SSSR count). The highest BCUT2D eigenvalue weighted by atomic mass is 79.9. The molecule has 6 heteroatoms. The van der Waals surface area contributed by atoms with Crippen LogP contribution in [0.5, 0.6) is 0 Å². The molecule has 2 aromatic heterocycles. The van der Waals surface area contributed by atoms with E-state index in [-0.39, 0.29) is 5.69 Å². The standard InChI is InChI=1S/C10H8BrF2N3/c1-5-8(11)10(16(2)15-5)9-7(13)3-6(12)4-14-9/h3-4H,1-2H3. The van der Waals surface area contributed by atoms with Gasteiger partial charge >= 0.3 is 0 Å². The second-order valence-electron chi connectivity index (χ2n) is 3.36. The molecule has 2 heterocycles. The molecule has 0 radical (unpaired) electrons. The lowest BCUT2D eigenvalue weighted by Gasteiger charge is -2.03. The van der Waals surface area contributed by atoms with Crippen LogP contribution < -0.4 is 0 Å². The Bertz CT molecular complexity index is 551. The summed E-state index contributed by atoms with van der Waals surface area (Å²) in [5, 5.41) is 4.12. The predicted molar refractivity (Wildman–Crippen MR) is 58.8 cm³/mol. The summed E-state index contributed by atoms with van der Waals surface area (Å²) >= 11 is 3.31. The van der Waals surface area contributed by atoms with Gasteiger partial charge in [-0.3, -0.25) is 4.68 Å². The number of aromatic nitrogens is 3. The maximum Gasteiger partial charge on any atom is 0.154 e. The van der Waals surface area contributed by atoms with Crippen molar-refractivity contribution in [3.8, 4) is 11.4 Å². The van der Waals surface area contributed by atoms with Gasteiger partial charge in [0.2, 0.25) is 0 Å². The largest absolute Gasteiger partial charge is 0.265 e. The van der Waals surface area contributed by atoms with Crippen LogP contribution in [0.2, 0.25) is 0 Å². The van der Waals surface area contributed by atoms with Crippen LogP contribution in [0, 0.1) is 18.6 Å². The molecule has 0 aliphatic rings. The third kappa shape index (κ3) is 1.73. The van der Waals surface area contributed by atoms with E-state index in [1.807, 2.05) is 0 Å². The molecule has 0 amide bonds. The van der Waals surface area contributed by atoms with E-state index in [0.717, 1.165) is 18.0 Å². The van der Waals surface area contributed by atoms with E-state index in [2.05, 4.69) is 26.0 Å². The molecule has 3 nitrogen and oxygen atoms in total. The lowest BCUT2D eigenvalue weighted by Crippen LogP contribution is -1.99. The molecule has 0 bridgehead atoms. The SMILES string of the molecule is Cc1nn(C)c(-c2ncc(F)cc2F)c1Br. The Hall–Kier alpha value is -1.30. The molecular formula is C10H8BrF2N3. The Morgan fingerprint density at radius 1 is 1.38 bits per heavy atom. The van der Waals surface area contributed by atoms with Crippen molar-refractivity contribution < 1.29 is 8.78 Å². The highest BCUT2D eigenvalue weighted by Gasteiger charge is 2.17. The minimum absolute atomic E-state index is 0.0800. The molecule has 16 heavy (non-hydrogen) atoms. The van der Waals surface area contributed by atoms with Crippen LogP contribution in [0.4, 0.5) is 8.78 Å². The van der Waals surface area contributed by atoms with Gasteiger partial charge in [-0.2, -0.15) is 5.10 Å². The van der Waals surface area contributed by atoms with Crippen LogP contribution in [-0.2, 0) is 7.05 Å². The summed E-state index contributed by atoms with van der Waals surface area (Å²) in [5.74, 6) is -1.40. The third-order valence-electron chi connectivity index (χ3n) is 2.18. The molecule has 0 aliphatic carbocycles. The fraction of sp³-hybridized carbons (Fsp3) is 0.200.